The van der Waals surface area contributed by atoms with E-state index in [2.05, 4.69) is 10.3 Å². The third-order valence-corrected chi connectivity index (χ3v) is 3.46. The van der Waals surface area contributed by atoms with E-state index in [-0.39, 0.29) is 0 Å². The number of nitrogens with one attached hydrogen (secondary N) is 1. The fraction of sp³-hybridized carbons (Fsp3) is 0.118. The molecule has 106 valence electrons. The number of anilines is 2. The van der Waals surface area contributed by atoms with Crippen molar-refractivity contribution in [3.05, 3.63) is 60.3 Å². The molecule has 0 fully saturated rings. The third kappa shape index (κ3) is 2.66. The van der Waals surface area contributed by atoms with Gasteiger partial charge < -0.3 is 15.8 Å². The Morgan fingerprint density at radius 3 is 2.81 bits per heavy atom. The van der Waals surface area contributed by atoms with Gasteiger partial charge in [-0.15, -0.1) is 0 Å². The Morgan fingerprint density at radius 2 is 2.00 bits per heavy atom. The van der Waals surface area contributed by atoms with Gasteiger partial charge >= 0.3 is 0 Å². The van der Waals surface area contributed by atoms with Crippen LogP contribution in [-0.4, -0.2) is 12.1 Å². The fourth-order valence-electron chi connectivity index (χ4n) is 2.33. The molecule has 0 aliphatic rings. The van der Waals surface area contributed by atoms with Crippen molar-refractivity contribution >= 4 is 22.3 Å². The molecule has 3 rings (SSSR count). The molecule has 1 aromatic heterocycles. The lowest BCUT2D eigenvalue weighted by Crippen LogP contribution is -2.02. The van der Waals surface area contributed by atoms with Crippen LogP contribution in [0.1, 0.15) is 5.56 Å². The predicted octanol–water partition coefficient (Wildman–Crippen LogP) is 3.45. The molecule has 3 aromatic rings. The molecule has 4 nitrogen and oxygen atoms in total. The van der Waals surface area contributed by atoms with E-state index in [1.54, 1.807) is 13.3 Å². The van der Waals surface area contributed by atoms with Gasteiger partial charge in [0.15, 0.2) is 0 Å². The highest BCUT2D eigenvalue weighted by Crippen LogP contribution is 2.28. The standard InChI is InChI=1S/C17H17N3O/c1-21-14-6-7-15-12(10-14)8-9-19-17(15)20-16-5-3-2-4-13(16)11-18/h2-10H,11,18H2,1H3,(H,19,20). The second kappa shape index (κ2) is 5.81. The predicted molar refractivity (Wildman–Crippen MR) is 85.9 cm³/mol. The number of fused-ring (bicyclic) bond motifs is 1. The quantitative estimate of drug-likeness (QED) is 0.768. The highest BCUT2D eigenvalue weighted by molar-refractivity contribution is 5.94. The number of aromatic nitrogens is 1. The highest BCUT2D eigenvalue weighted by atomic mass is 16.5. The molecule has 0 aliphatic carbocycles. The van der Waals surface area contributed by atoms with Crippen LogP contribution in [0.25, 0.3) is 10.8 Å². The van der Waals surface area contributed by atoms with Gasteiger partial charge in [0.25, 0.3) is 0 Å². The third-order valence-electron chi connectivity index (χ3n) is 3.46. The Labute approximate surface area is 123 Å². The summed E-state index contributed by atoms with van der Waals surface area (Å²) in [7, 11) is 1.67. The van der Waals surface area contributed by atoms with E-state index in [4.69, 9.17) is 10.5 Å². The van der Waals surface area contributed by atoms with Crippen LogP contribution in [0.2, 0.25) is 0 Å². The summed E-state index contributed by atoms with van der Waals surface area (Å²) < 4.78 is 5.26. The second-order valence-corrected chi connectivity index (χ2v) is 4.73. The number of rotatable bonds is 4. The van der Waals surface area contributed by atoms with Crippen LogP contribution in [0.15, 0.2) is 54.7 Å². The van der Waals surface area contributed by atoms with Crippen molar-refractivity contribution in [3.63, 3.8) is 0 Å². The Hall–Kier alpha value is -2.59. The molecule has 0 amide bonds. The lowest BCUT2D eigenvalue weighted by atomic mass is 10.1. The Kier molecular flexibility index (Phi) is 3.71. The van der Waals surface area contributed by atoms with Gasteiger partial charge in [-0.2, -0.15) is 0 Å². The lowest BCUT2D eigenvalue weighted by molar-refractivity contribution is 0.415. The van der Waals surface area contributed by atoms with E-state index in [0.29, 0.717) is 6.54 Å². The lowest BCUT2D eigenvalue weighted by Gasteiger charge is -2.12. The summed E-state index contributed by atoms with van der Waals surface area (Å²) in [4.78, 5) is 4.44. The molecule has 0 radical (unpaired) electrons. The maximum Gasteiger partial charge on any atom is 0.138 e. The van der Waals surface area contributed by atoms with E-state index in [1.807, 2.05) is 48.5 Å². The van der Waals surface area contributed by atoms with Gasteiger partial charge in [0.2, 0.25) is 0 Å². The zero-order valence-electron chi connectivity index (χ0n) is 11.8. The van der Waals surface area contributed by atoms with Crippen LogP contribution in [0.3, 0.4) is 0 Å². The van der Waals surface area contributed by atoms with Gasteiger partial charge in [-0.05, 0) is 41.3 Å². The zero-order valence-corrected chi connectivity index (χ0v) is 11.8. The smallest absolute Gasteiger partial charge is 0.138 e. The van der Waals surface area contributed by atoms with Crippen LogP contribution in [0.5, 0.6) is 5.75 Å². The molecular weight excluding hydrogens is 262 g/mol. The molecule has 0 saturated heterocycles. The minimum Gasteiger partial charge on any atom is -0.497 e. The van der Waals surface area contributed by atoms with Gasteiger partial charge in [-0.1, -0.05) is 18.2 Å². The Morgan fingerprint density at radius 1 is 1.14 bits per heavy atom. The summed E-state index contributed by atoms with van der Waals surface area (Å²) in [5.41, 5.74) is 7.82. The Bertz CT molecular complexity index is 771. The summed E-state index contributed by atoms with van der Waals surface area (Å²) in [6.07, 6.45) is 1.79. The molecule has 0 unspecified atom stereocenters. The highest BCUT2D eigenvalue weighted by Gasteiger charge is 2.06. The molecule has 0 bridgehead atoms. The number of hydrogen-bond acceptors (Lipinski definition) is 4. The first-order chi connectivity index (χ1) is 10.3. The molecule has 0 spiro atoms. The van der Waals surface area contributed by atoms with Crippen LogP contribution in [0.4, 0.5) is 11.5 Å². The number of nitrogens with zero attached hydrogens (tertiary/aromatic N) is 1. The van der Waals surface area contributed by atoms with Crippen molar-refractivity contribution in [2.45, 2.75) is 6.54 Å². The van der Waals surface area contributed by atoms with Crippen LogP contribution in [-0.2, 0) is 6.54 Å². The molecular formula is C17H17N3O. The number of nitrogens with two attached hydrogens (primary N) is 1. The second-order valence-electron chi connectivity index (χ2n) is 4.73. The SMILES string of the molecule is COc1ccc2c(Nc3ccccc3CN)nccc2c1. The minimum atomic E-state index is 0.488. The normalized spacial score (nSPS) is 10.6. The van der Waals surface area contributed by atoms with E-state index < -0.39 is 0 Å². The molecule has 21 heavy (non-hydrogen) atoms. The van der Waals surface area contributed by atoms with Crippen molar-refractivity contribution in [1.82, 2.24) is 4.98 Å². The summed E-state index contributed by atoms with van der Waals surface area (Å²) >= 11 is 0. The first kappa shape index (κ1) is 13.4. The number of benzene rings is 2. The van der Waals surface area contributed by atoms with Gasteiger partial charge in [0.05, 0.1) is 7.11 Å². The first-order valence-electron chi connectivity index (χ1n) is 6.79. The van der Waals surface area contributed by atoms with E-state index in [9.17, 15) is 0 Å². The summed E-state index contributed by atoms with van der Waals surface area (Å²) in [5, 5.41) is 5.50. The number of ether oxygens (including phenoxy) is 1. The van der Waals surface area contributed by atoms with Crippen LogP contribution in [0, 0.1) is 0 Å². The monoisotopic (exact) mass is 279 g/mol. The number of methoxy groups -OCH3 is 1. The molecule has 0 aliphatic heterocycles. The van der Waals surface area contributed by atoms with Crippen molar-refractivity contribution in [3.8, 4) is 5.75 Å². The average Bonchev–Trinajstić information content (AvgIpc) is 2.55. The van der Waals surface area contributed by atoms with Gasteiger partial charge in [-0.3, -0.25) is 0 Å². The van der Waals surface area contributed by atoms with E-state index >= 15 is 0 Å². The number of hydrogen-bond donors (Lipinski definition) is 2. The van der Waals surface area contributed by atoms with Gasteiger partial charge in [-0.25, -0.2) is 4.98 Å². The van der Waals surface area contributed by atoms with Crippen molar-refractivity contribution < 1.29 is 4.74 Å². The van der Waals surface area contributed by atoms with Crippen LogP contribution >= 0.6 is 0 Å². The summed E-state index contributed by atoms with van der Waals surface area (Å²) in [6.45, 7) is 0.488. The van der Waals surface area contributed by atoms with Crippen molar-refractivity contribution in [2.75, 3.05) is 12.4 Å². The summed E-state index contributed by atoms with van der Waals surface area (Å²) in [6, 6.07) is 15.9. The maximum atomic E-state index is 5.78. The average molecular weight is 279 g/mol. The fourth-order valence-corrected chi connectivity index (χ4v) is 2.33. The zero-order chi connectivity index (χ0) is 14.7. The van der Waals surface area contributed by atoms with Gasteiger partial charge in [0, 0.05) is 23.8 Å². The molecule has 0 saturated carbocycles. The summed E-state index contributed by atoms with van der Waals surface area (Å²) in [5.74, 6) is 1.65. The molecule has 0 atom stereocenters. The minimum absolute atomic E-state index is 0.488. The topological polar surface area (TPSA) is 60.2 Å². The van der Waals surface area contributed by atoms with E-state index in [0.717, 1.165) is 33.6 Å². The Balaban J connectivity index is 2.04. The van der Waals surface area contributed by atoms with Crippen molar-refractivity contribution in [2.24, 2.45) is 5.73 Å². The van der Waals surface area contributed by atoms with E-state index in [1.165, 1.54) is 0 Å². The molecule has 3 N–H and O–H groups in total. The largest absolute Gasteiger partial charge is 0.497 e. The van der Waals surface area contributed by atoms with Crippen LogP contribution < -0.4 is 15.8 Å². The van der Waals surface area contributed by atoms with Gasteiger partial charge in [0.1, 0.15) is 11.6 Å². The number of para-hydroxylation sites is 1. The first-order valence-corrected chi connectivity index (χ1v) is 6.79. The molecule has 4 heteroatoms. The number of pyridine rings is 1. The molecule has 1 heterocycles. The maximum absolute atomic E-state index is 5.78. The van der Waals surface area contributed by atoms with Crippen molar-refractivity contribution in [1.29, 1.82) is 0 Å². The molecule has 2 aromatic carbocycles.